The topological polar surface area (TPSA) is 70.8 Å². The zero-order chi connectivity index (χ0) is 12.7. The summed E-state index contributed by atoms with van der Waals surface area (Å²) >= 11 is 0. The van der Waals surface area contributed by atoms with E-state index in [1.807, 2.05) is 0 Å². The fourth-order valence-electron chi connectivity index (χ4n) is 1.36. The zero-order valence-electron chi connectivity index (χ0n) is 10.1. The first-order chi connectivity index (χ1) is 8.22. The minimum atomic E-state index is -0.386. The molecule has 0 amide bonds. The molecule has 0 unspecified atom stereocenters. The van der Waals surface area contributed by atoms with E-state index in [1.54, 1.807) is 25.3 Å². The molecule has 1 aromatic rings. The minimum Gasteiger partial charge on any atom is -0.491 e. The number of hydrogen-bond donors (Lipinski definition) is 1. The van der Waals surface area contributed by atoms with Crippen molar-refractivity contribution >= 4 is 5.97 Å². The van der Waals surface area contributed by atoms with Crippen molar-refractivity contribution in [1.82, 2.24) is 0 Å². The van der Waals surface area contributed by atoms with E-state index in [1.165, 1.54) is 7.11 Å². The van der Waals surface area contributed by atoms with Crippen LogP contribution in [0.1, 0.15) is 15.9 Å². The van der Waals surface area contributed by atoms with E-state index in [2.05, 4.69) is 4.74 Å². The molecule has 2 N–H and O–H groups in total. The third-order valence-electron chi connectivity index (χ3n) is 2.25. The van der Waals surface area contributed by atoms with Gasteiger partial charge in [-0.15, -0.1) is 0 Å². The molecule has 94 valence electrons. The highest BCUT2D eigenvalue weighted by atomic mass is 16.5. The number of benzene rings is 1. The van der Waals surface area contributed by atoms with Gasteiger partial charge in [0, 0.05) is 19.2 Å². The van der Waals surface area contributed by atoms with Crippen LogP contribution in [0.15, 0.2) is 18.2 Å². The van der Waals surface area contributed by atoms with Crippen molar-refractivity contribution in [3.8, 4) is 5.75 Å². The van der Waals surface area contributed by atoms with Gasteiger partial charge in [-0.25, -0.2) is 4.79 Å². The summed E-state index contributed by atoms with van der Waals surface area (Å²) in [7, 11) is 2.95. The van der Waals surface area contributed by atoms with Crippen LogP contribution in [0.5, 0.6) is 5.75 Å². The normalized spacial score (nSPS) is 10.1. The number of rotatable bonds is 6. The summed E-state index contributed by atoms with van der Waals surface area (Å²) in [6.07, 6.45) is 0. The summed E-state index contributed by atoms with van der Waals surface area (Å²) in [5, 5.41) is 0. The van der Waals surface area contributed by atoms with Gasteiger partial charge in [0.1, 0.15) is 12.4 Å². The second-order valence-electron chi connectivity index (χ2n) is 3.36. The van der Waals surface area contributed by atoms with Crippen molar-refractivity contribution in [1.29, 1.82) is 0 Å². The summed E-state index contributed by atoms with van der Waals surface area (Å²) in [5.74, 6) is 0.278. The van der Waals surface area contributed by atoms with Crippen LogP contribution in [-0.4, -0.2) is 33.4 Å². The van der Waals surface area contributed by atoms with Gasteiger partial charge in [-0.1, -0.05) is 0 Å². The van der Waals surface area contributed by atoms with Crippen molar-refractivity contribution < 1.29 is 19.0 Å². The average molecular weight is 239 g/mol. The van der Waals surface area contributed by atoms with Crippen molar-refractivity contribution in [2.45, 2.75) is 6.54 Å². The summed E-state index contributed by atoms with van der Waals surface area (Å²) in [6, 6.07) is 5.03. The predicted octanol–water partition coefficient (Wildman–Crippen LogP) is 0.957. The van der Waals surface area contributed by atoms with Crippen molar-refractivity contribution in [3.05, 3.63) is 29.3 Å². The first-order valence-electron chi connectivity index (χ1n) is 5.26. The van der Waals surface area contributed by atoms with Crippen molar-refractivity contribution in [2.75, 3.05) is 27.4 Å². The van der Waals surface area contributed by atoms with Gasteiger partial charge in [0.25, 0.3) is 0 Å². The quantitative estimate of drug-likeness (QED) is 0.591. The molecule has 17 heavy (non-hydrogen) atoms. The number of carbonyl (C=O) groups is 1. The molecule has 5 heteroatoms. The fourth-order valence-corrected chi connectivity index (χ4v) is 1.36. The summed E-state index contributed by atoms with van der Waals surface area (Å²) in [5.41, 5.74) is 6.83. The highest BCUT2D eigenvalue weighted by Gasteiger charge is 2.09. The van der Waals surface area contributed by atoms with Crippen molar-refractivity contribution in [2.24, 2.45) is 5.73 Å². The monoisotopic (exact) mass is 239 g/mol. The second-order valence-corrected chi connectivity index (χ2v) is 3.36. The molecule has 0 saturated heterocycles. The molecule has 0 saturated carbocycles. The first-order valence-corrected chi connectivity index (χ1v) is 5.26. The van der Waals surface area contributed by atoms with E-state index in [0.29, 0.717) is 31.1 Å². The Bertz CT molecular complexity index is 379. The second kappa shape index (κ2) is 6.88. The summed E-state index contributed by atoms with van der Waals surface area (Å²) < 4.78 is 15.0. The summed E-state index contributed by atoms with van der Waals surface area (Å²) in [6.45, 7) is 1.25. The molecule has 0 fully saturated rings. The van der Waals surface area contributed by atoms with Crippen LogP contribution in [0, 0.1) is 0 Å². The molecule has 0 aliphatic heterocycles. The Morgan fingerprint density at radius 3 is 2.65 bits per heavy atom. The van der Waals surface area contributed by atoms with Crippen LogP contribution in [0.4, 0.5) is 0 Å². The van der Waals surface area contributed by atoms with Gasteiger partial charge in [0.15, 0.2) is 0 Å². The molecular formula is C12H17NO4. The number of esters is 1. The smallest absolute Gasteiger partial charge is 0.337 e. The van der Waals surface area contributed by atoms with E-state index in [0.717, 1.165) is 5.56 Å². The lowest BCUT2D eigenvalue weighted by Crippen LogP contribution is -2.09. The van der Waals surface area contributed by atoms with Gasteiger partial charge in [0.05, 0.1) is 19.3 Å². The molecule has 1 aromatic carbocycles. The highest BCUT2D eigenvalue weighted by Crippen LogP contribution is 2.20. The molecule has 0 spiro atoms. The molecule has 0 atom stereocenters. The first kappa shape index (κ1) is 13.5. The van der Waals surface area contributed by atoms with Crippen molar-refractivity contribution in [3.63, 3.8) is 0 Å². The van der Waals surface area contributed by atoms with E-state index in [4.69, 9.17) is 15.2 Å². The van der Waals surface area contributed by atoms with Crippen LogP contribution in [0.2, 0.25) is 0 Å². The lowest BCUT2D eigenvalue weighted by atomic mass is 10.1. The lowest BCUT2D eigenvalue weighted by Gasteiger charge is -2.11. The fraction of sp³-hybridized carbons (Fsp3) is 0.417. The van der Waals surface area contributed by atoms with Crippen LogP contribution < -0.4 is 10.5 Å². The molecular weight excluding hydrogens is 222 g/mol. The largest absolute Gasteiger partial charge is 0.491 e. The van der Waals surface area contributed by atoms with Crippen LogP contribution in [-0.2, 0) is 16.0 Å². The maximum absolute atomic E-state index is 11.3. The molecule has 1 rings (SSSR count). The van der Waals surface area contributed by atoms with Crippen LogP contribution >= 0.6 is 0 Å². The van der Waals surface area contributed by atoms with Crippen LogP contribution in [0.3, 0.4) is 0 Å². The molecule has 0 aliphatic carbocycles. The van der Waals surface area contributed by atoms with E-state index in [9.17, 15) is 4.79 Å². The molecule has 0 aliphatic rings. The molecule has 0 heterocycles. The maximum Gasteiger partial charge on any atom is 0.337 e. The Balaban J connectivity index is 2.81. The van der Waals surface area contributed by atoms with Gasteiger partial charge < -0.3 is 19.9 Å². The third-order valence-corrected chi connectivity index (χ3v) is 2.25. The standard InChI is InChI=1S/C12H17NO4/c1-15-5-6-17-11-4-3-9(12(14)16-2)7-10(11)8-13/h3-4,7H,5-6,8,13H2,1-2H3. The van der Waals surface area contributed by atoms with E-state index < -0.39 is 0 Å². The Labute approximate surface area is 100 Å². The minimum absolute atomic E-state index is 0.299. The lowest BCUT2D eigenvalue weighted by molar-refractivity contribution is 0.0600. The Morgan fingerprint density at radius 1 is 1.29 bits per heavy atom. The van der Waals surface area contributed by atoms with Gasteiger partial charge in [-0.3, -0.25) is 0 Å². The van der Waals surface area contributed by atoms with Gasteiger partial charge in [-0.05, 0) is 18.2 Å². The average Bonchev–Trinajstić information content (AvgIpc) is 2.38. The summed E-state index contributed by atoms with van der Waals surface area (Å²) in [4.78, 5) is 11.3. The molecule has 0 radical (unpaired) electrons. The Kier molecular flexibility index (Phi) is 5.45. The predicted molar refractivity (Wildman–Crippen MR) is 63.0 cm³/mol. The number of nitrogens with two attached hydrogens (primary N) is 1. The van der Waals surface area contributed by atoms with Gasteiger partial charge in [-0.2, -0.15) is 0 Å². The van der Waals surface area contributed by atoms with Gasteiger partial charge in [0.2, 0.25) is 0 Å². The number of carbonyl (C=O) groups excluding carboxylic acids is 1. The number of methoxy groups -OCH3 is 2. The SMILES string of the molecule is COCCOc1ccc(C(=O)OC)cc1CN. The van der Waals surface area contributed by atoms with E-state index in [-0.39, 0.29) is 5.97 Å². The Morgan fingerprint density at radius 2 is 2.06 bits per heavy atom. The van der Waals surface area contributed by atoms with E-state index >= 15 is 0 Å². The van der Waals surface area contributed by atoms with Gasteiger partial charge >= 0.3 is 5.97 Å². The highest BCUT2D eigenvalue weighted by molar-refractivity contribution is 5.89. The molecule has 5 nitrogen and oxygen atoms in total. The molecule has 0 aromatic heterocycles. The number of hydrogen-bond acceptors (Lipinski definition) is 5. The number of ether oxygens (including phenoxy) is 3. The maximum atomic E-state index is 11.3. The Hall–Kier alpha value is -1.59. The zero-order valence-corrected chi connectivity index (χ0v) is 10.1. The molecule has 0 bridgehead atoms. The third kappa shape index (κ3) is 3.72. The van der Waals surface area contributed by atoms with Crippen LogP contribution in [0.25, 0.3) is 0 Å².